The summed E-state index contributed by atoms with van der Waals surface area (Å²) in [5.41, 5.74) is 3.62. The van der Waals surface area contributed by atoms with E-state index in [2.05, 4.69) is 45.8 Å². The van der Waals surface area contributed by atoms with Crippen LogP contribution in [0.1, 0.15) is 38.8 Å². The summed E-state index contributed by atoms with van der Waals surface area (Å²) in [6.07, 6.45) is 0. The van der Waals surface area contributed by atoms with Crippen molar-refractivity contribution in [2.45, 2.75) is 20.0 Å². The van der Waals surface area contributed by atoms with Crippen molar-refractivity contribution in [1.82, 2.24) is 19.6 Å². The van der Waals surface area contributed by atoms with Crippen molar-refractivity contribution in [3.05, 3.63) is 70.8 Å². The first kappa shape index (κ1) is 26.0. The summed E-state index contributed by atoms with van der Waals surface area (Å²) in [5, 5.41) is 8.81. The van der Waals surface area contributed by atoms with Crippen molar-refractivity contribution >= 4 is 11.8 Å². The van der Waals surface area contributed by atoms with E-state index in [4.69, 9.17) is 5.11 Å². The molecule has 2 aromatic rings. The summed E-state index contributed by atoms with van der Waals surface area (Å²) in [6, 6.07) is 15.1. The van der Waals surface area contributed by atoms with Crippen LogP contribution in [0.3, 0.4) is 0 Å². The number of rotatable bonds is 6. The summed E-state index contributed by atoms with van der Waals surface area (Å²) in [4.78, 5) is 31.4. The molecule has 0 aliphatic carbocycles. The van der Waals surface area contributed by atoms with E-state index < -0.39 is 5.97 Å². The molecule has 2 aliphatic rings. The van der Waals surface area contributed by atoms with Crippen LogP contribution in [0.15, 0.2) is 48.5 Å². The molecule has 2 saturated heterocycles. The first-order valence-corrected chi connectivity index (χ1v) is 12.0. The summed E-state index contributed by atoms with van der Waals surface area (Å²) in [7, 11) is 4.30. The Morgan fingerprint density at radius 2 is 1.00 bits per heavy atom. The lowest BCUT2D eigenvalue weighted by atomic mass is 10.1. The van der Waals surface area contributed by atoms with Gasteiger partial charge < -0.3 is 14.9 Å². The number of carboxylic acid groups (broad SMARTS) is 1. The predicted octanol–water partition coefficient (Wildman–Crippen LogP) is 2.77. The van der Waals surface area contributed by atoms with Crippen molar-refractivity contribution in [1.29, 1.82) is 0 Å². The second kappa shape index (κ2) is 12.8. The standard InChI is InChI=1S/C14H20N2O.C13H18N2O2/c1-12(17)14-5-3-13(4-6-14)11-16-9-7-15(2)8-10-16;1-14-6-8-15(9-7-14)10-11-2-4-12(5-3-11)13(16)17/h3-6H,7-11H2,1-2H3;2-5H,6-10H2,1H3,(H,16,17). The Morgan fingerprint density at radius 3 is 1.32 bits per heavy atom. The van der Waals surface area contributed by atoms with Crippen molar-refractivity contribution in [3.63, 3.8) is 0 Å². The van der Waals surface area contributed by atoms with Gasteiger partial charge in [-0.05, 0) is 44.3 Å². The highest BCUT2D eigenvalue weighted by Crippen LogP contribution is 2.11. The lowest BCUT2D eigenvalue weighted by Gasteiger charge is -2.32. The number of carbonyl (C=O) groups excluding carboxylic acids is 1. The number of benzene rings is 2. The van der Waals surface area contributed by atoms with Crippen molar-refractivity contribution in [2.75, 3.05) is 66.5 Å². The van der Waals surface area contributed by atoms with Crippen molar-refractivity contribution in [3.8, 4) is 0 Å². The van der Waals surface area contributed by atoms with Crippen LogP contribution in [0.2, 0.25) is 0 Å². The van der Waals surface area contributed by atoms with Gasteiger partial charge in [-0.3, -0.25) is 14.6 Å². The van der Waals surface area contributed by atoms with Gasteiger partial charge in [0, 0.05) is 71.0 Å². The molecule has 0 radical (unpaired) electrons. The van der Waals surface area contributed by atoms with Gasteiger partial charge in [-0.1, -0.05) is 36.4 Å². The van der Waals surface area contributed by atoms with Crippen molar-refractivity contribution in [2.24, 2.45) is 0 Å². The minimum absolute atomic E-state index is 0.135. The SMILES string of the molecule is CC(=O)c1ccc(CN2CCN(C)CC2)cc1.CN1CCN(Cc2ccc(C(=O)O)cc2)CC1. The number of carbonyl (C=O) groups is 2. The van der Waals surface area contributed by atoms with E-state index in [1.807, 2.05) is 24.3 Å². The van der Waals surface area contributed by atoms with Crippen LogP contribution in [0.5, 0.6) is 0 Å². The Bertz CT molecular complexity index is 836. The first-order valence-electron chi connectivity index (χ1n) is 12.0. The molecule has 0 spiro atoms. The Morgan fingerprint density at radius 1 is 0.647 bits per heavy atom. The number of nitrogens with zero attached hydrogens (tertiary/aromatic N) is 4. The quantitative estimate of drug-likeness (QED) is 0.657. The van der Waals surface area contributed by atoms with Gasteiger partial charge >= 0.3 is 5.97 Å². The van der Waals surface area contributed by atoms with Gasteiger partial charge in [0.1, 0.15) is 0 Å². The Labute approximate surface area is 203 Å². The molecule has 0 saturated carbocycles. The zero-order valence-electron chi connectivity index (χ0n) is 20.7. The van der Waals surface area contributed by atoms with E-state index in [9.17, 15) is 9.59 Å². The lowest BCUT2D eigenvalue weighted by molar-refractivity contribution is 0.0696. The maximum atomic E-state index is 11.2. The molecule has 1 N–H and O–H groups in total. The molecule has 0 aromatic heterocycles. The number of carboxylic acids is 1. The molecule has 0 unspecified atom stereocenters. The molecule has 2 heterocycles. The fraction of sp³-hybridized carbons (Fsp3) is 0.481. The number of hydrogen-bond donors (Lipinski definition) is 1. The van der Waals surface area contributed by atoms with Gasteiger partial charge in [-0.2, -0.15) is 0 Å². The smallest absolute Gasteiger partial charge is 0.335 e. The highest BCUT2D eigenvalue weighted by Gasteiger charge is 2.15. The minimum Gasteiger partial charge on any atom is -0.478 e. The van der Waals surface area contributed by atoms with Crippen LogP contribution in [-0.2, 0) is 13.1 Å². The zero-order chi connectivity index (χ0) is 24.5. The molecule has 4 rings (SSSR count). The third-order valence-corrected chi connectivity index (χ3v) is 6.57. The van der Waals surface area contributed by atoms with Crippen LogP contribution in [0.25, 0.3) is 0 Å². The largest absolute Gasteiger partial charge is 0.478 e. The summed E-state index contributed by atoms with van der Waals surface area (Å²) >= 11 is 0. The van der Waals surface area contributed by atoms with E-state index in [0.717, 1.165) is 71.0 Å². The van der Waals surface area contributed by atoms with Crippen LogP contribution in [0, 0.1) is 0 Å². The number of piperazine rings is 2. The Balaban J connectivity index is 0.000000191. The average Bonchev–Trinajstić information content (AvgIpc) is 2.83. The van der Waals surface area contributed by atoms with Gasteiger partial charge in [-0.15, -0.1) is 0 Å². The molecule has 0 bridgehead atoms. The number of likely N-dealkylation sites (N-methyl/N-ethyl adjacent to an activating group) is 2. The zero-order valence-corrected chi connectivity index (χ0v) is 20.7. The van der Waals surface area contributed by atoms with Crippen molar-refractivity contribution < 1.29 is 14.7 Å². The first-order chi connectivity index (χ1) is 16.3. The lowest BCUT2D eigenvalue weighted by Crippen LogP contribution is -2.43. The predicted molar refractivity (Wildman–Crippen MR) is 135 cm³/mol. The van der Waals surface area contributed by atoms with E-state index >= 15 is 0 Å². The summed E-state index contributed by atoms with van der Waals surface area (Å²) < 4.78 is 0. The summed E-state index contributed by atoms with van der Waals surface area (Å²) in [5.74, 6) is -0.729. The molecular weight excluding hydrogens is 428 g/mol. The van der Waals surface area contributed by atoms with Crippen LogP contribution < -0.4 is 0 Å². The van der Waals surface area contributed by atoms with Crippen LogP contribution in [-0.4, -0.2) is 103 Å². The van der Waals surface area contributed by atoms with E-state index in [1.165, 1.54) is 11.1 Å². The van der Waals surface area contributed by atoms with E-state index in [-0.39, 0.29) is 5.78 Å². The van der Waals surface area contributed by atoms with Gasteiger partial charge in [0.25, 0.3) is 0 Å². The monoisotopic (exact) mass is 466 g/mol. The molecule has 7 nitrogen and oxygen atoms in total. The molecule has 184 valence electrons. The molecule has 34 heavy (non-hydrogen) atoms. The maximum Gasteiger partial charge on any atom is 0.335 e. The molecule has 2 aromatic carbocycles. The number of ketones is 1. The Hall–Kier alpha value is -2.58. The third-order valence-electron chi connectivity index (χ3n) is 6.57. The Kier molecular flexibility index (Phi) is 9.77. The number of Topliss-reactive ketones (excluding diaryl/α,β-unsaturated/α-hetero) is 1. The topological polar surface area (TPSA) is 67.3 Å². The number of aromatic carboxylic acids is 1. The highest BCUT2D eigenvalue weighted by atomic mass is 16.4. The highest BCUT2D eigenvalue weighted by molar-refractivity contribution is 5.94. The van der Waals surface area contributed by atoms with Gasteiger partial charge in [0.05, 0.1) is 5.56 Å². The average molecular weight is 467 g/mol. The normalized spacial score (nSPS) is 18.2. The second-order valence-electron chi connectivity index (χ2n) is 9.41. The summed E-state index contributed by atoms with van der Waals surface area (Å²) in [6.45, 7) is 12.4. The maximum absolute atomic E-state index is 11.2. The van der Waals surface area contributed by atoms with Gasteiger partial charge in [0.15, 0.2) is 5.78 Å². The fourth-order valence-electron chi connectivity index (χ4n) is 4.13. The van der Waals surface area contributed by atoms with E-state index in [0.29, 0.717) is 5.56 Å². The van der Waals surface area contributed by atoms with Gasteiger partial charge in [0.2, 0.25) is 0 Å². The van der Waals surface area contributed by atoms with E-state index in [1.54, 1.807) is 19.1 Å². The molecular formula is C27H38N4O3. The third kappa shape index (κ3) is 8.33. The van der Waals surface area contributed by atoms with Crippen LogP contribution in [0.4, 0.5) is 0 Å². The second-order valence-corrected chi connectivity index (χ2v) is 9.41. The molecule has 7 heteroatoms. The molecule has 2 fully saturated rings. The molecule has 0 atom stereocenters. The number of hydrogen-bond acceptors (Lipinski definition) is 6. The minimum atomic E-state index is -0.865. The van der Waals surface area contributed by atoms with Gasteiger partial charge in [-0.25, -0.2) is 4.79 Å². The van der Waals surface area contributed by atoms with Crippen LogP contribution >= 0.6 is 0 Å². The molecule has 2 aliphatic heterocycles. The molecule has 0 amide bonds. The fourth-order valence-corrected chi connectivity index (χ4v) is 4.13.